The summed E-state index contributed by atoms with van der Waals surface area (Å²) in [6.07, 6.45) is 0.880. The van der Waals surface area contributed by atoms with E-state index < -0.39 is 6.09 Å². The van der Waals surface area contributed by atoms with Crippen LogP contribution in [0.4, 0.5) is 16.6 Å². The largest absolute Gasteiger partial charge is 0.491 e. The van der Waals surface area contributed by atoms with Crippen LogP contribution in [0.1, 0.15) is 25.5 Å². The number of benzene rings is 2. The molecule has 0 saturated carbocycles. The first-order chi connectivity index (χ1) is 18.9. The third-order valence-electron chi connectivity index (χ3n) is 6.76. The number of nitrogens with one attached hydrogen (secondary N) is 1. The van der Waals surface area contributed by atoms with Crippen molar-refractivity contribution in [2.75, 3.05) is 49.6 Å². The van der Waals surface area contributed by atoms with E-state index >= 15 is 0 Å². The number of para-hydroxylation sites is 1. The van der Waals surface area contributed by atoms with Crippen molar-refractivity contribution in [2.24, 2.45) is 0 Å². The predicted octanol–water partition coefficient (Wildman–Crippen LogP) is 3.86. The quantitative estimate of drug-likeness (QED) is 0.295. The maximum atomic E-state index is 11.3. The highest BCUT2D eigenvalue weighted by Gasteiger charge is 2.24. The molecule has 204 valence electrons. The topological polar surface area (TPSA) is 129 Å². The van der Waals surface area contributed by atoms with Crippen molar-refractivity contribution in [1.29, 1.82) is 0 Å². The average molecular weight is 532 g/mol. The number of imidazole rings is 1. The molecule has 0 aliphatic carbocycles. The van der Waals surface area contributed by atoms with Crippen molar-refractivity contribution in [3.05, 3.63) is 60.4 Å². The molecule has 0 bridgehead atoms. The molecule has 0 unspecified atom stereocenters. The number of ether oxygens (including phenoxy) is 1. The minimum Gasteiger partial charge on any atom is -0.491 e. The zero-order valence-electron chi connectivity index (χ0n) is 22.1. The van der Waals surface area contributed by atoms with E-state index in [0.29, 0.717) is 50.0 Å². The summed E-state index contributed by atoms with van der Waals surface area (Å²) in [4.78, 5) is 29.0. The van der Waals surface area contributed by atoms with Crippen LogP contribution in [0.15, 0.2) is 54.9 Å². The number of aromatic nitrogens is 4. The number of anilines is 2. The Labute approximate surface area is 226 Å². The summed E-state index contributed by atoms with van der Waals surface area (Å²) in [5.41, 5.74) is 4.50. The van der Waals surface area contributed by atoms with Crippen molar-refractivity contribution in [1.82, 2.24) is 24.4 Å². The molecule has 1 aliphatic heterocycles. The second-order valence-electron chi connectivity index (χ2n) is 9.67. The second-order valence-corrected chi connectivity index (χ2v) is 9.67. The SMILES string of the molecule is CC(C)n1cnc2c(NCc3ccc(-c4ccccc4OCCO)cc3)nc(N3CCN(C(=O)O)CC3)nc21. The van der Waals surface area contributed by atoms with Gasteiger partial charge in [-0.05, 0) is 31.0 Å². The van der Waals surface area contributed by atoms with Gasteiger partial charge in [-0.3, -0.25) is 0 Å². The van der Waals surface area contributed by atoms with E-state index in [1.807, 2.05) is 33.7 Å². The van der Waals surface area contributed by atoms with E-state index in [2.05, 4.69) is 48.4 Å². The Morgan fingerprint density at radius 1 is 1.05 bits per heavy atom. The van der Waals surface area contributed by atoms with E-state index in [1.54, 1.807) is 6.33 Å². The highest BCUT2D eigenvalue weighted by molar-refractivity contribution is 5.84. The summed E-state index contributed by atoms with van der Waals surface area (Å²) < 4.78 is 7.71. The molecule has 0 radical (unpaired) electrons. The predicted molar refractivity (Wildman–Crippen MR) is 149 cm³/mol. The Hall–Kier alpha value is -4.38. The number of aliphatic hydroxyl groups is 1. The molecule has 1 amide bonds. The molecular weight excluding hydrogens is 498 g/mol. The maximum Gasteiger partial charge on any atom is 0.407 e. The fraction of sp³-hybridized carbons (Fsp3) is 0.357. The van der Waals surface area contributed by atoms with Crippen LogP contribution in [0.25, 0.3) is 22.3 Å². The van der Waals surface area contributed by atoms with Crippen molar-refractivity contribution in [3.8, 4) is 16.9 Å². The van der Waals surface area contributed by atoms with Gasteiger partial charge >= 0.3 is 6.09 Å². The molecule has 39 heavy (non-hydrogen) atoms. The molecule has 2 aromatic carbocycles. The number of aliphatic hydroxyl groups excluding tert-OH is 1. The Kier molecular flexibility index (Phi) is 7.78. The smallest absolute Gasteiger partial charge is 0.407 e. The van der Waals surface area contributed by atoms with Crippen LogP contribution < -0.4 is 15.0 Å². The molecule has 1 aliphatic rings. The fourth-order valence-electron chi connectivity index (χ4n) is 4.62. The summed E-state index contributed by atoms with van der Waals surface area (Å²) in [7, 11) is 0. The average Bonchev–Trinajstić information content (AvgIpc) is 3.40. The van der Waals surface area contributed by atoms with Gasteiger partial charge < -0.3 is 34.6 Å². The highest BCUT2D eigenvalue weighted by Crippen LogP contribution is 2.30. The number of carboxylic acid groups (broad SMARTS) is 1. The molecular formula is C28H33N7O4. The van der Waals surface area contributed by atoms with Crippen LogP contribution in [0, 0.1) is 0 Å². The van der Waals surface area contributed by atoms with Crippen molar-refractivity contribution >= 4 is 29.0 Å². The summed E-state index contributed by atoms with van der Waals surface area (Å²) in [6, 6.07) is 16.2. The lowest BCUT2D eigenvalue weighted by Gasteiger charge is -2.33. The molecule has 3 N–H and O–H groups in total. The van der Waals surface area contributed by atoms with E-state index in [-0.39, 0.29) is 19.3 Å². The second kappa shape index (κ2) is 11.6. The standard InChI is InChI=1S/C28H33N7O4/c1-19(2)35-18-30-24-25(31-27(32-26(24)35)33-11-13-34(14-12-33)28(37)38)29-17-20-7-9-21(10-8-20)22-5-3-4-6-23(22)39-16-15-36/h3-10,18-19,36H,11-17H2,1-2H3,(H,37,38)(H,29,31,32). The third kappa shape index (κ3) is 5.73. The Morgan fingerprint density at radius 3 is 2.49 bits per heavy atom. The zero-order chi connectivity index (χ0) is 27.4. The molecule has 2 aromatic heterocycles. The molecule has 3 heterocycles. The van der Waals surface area contributed by atoms with Crippen LogP contribution >= 0.6 is 0 Å². The molecule has 11 heteroatoms. The van der Waals surface area contributed by atoms with Crippen LogP contribution in [0.5, 0.6) is 5.75 Å². The summed E-state index contributed by atoms with van der Waals surface area (Å²) >= 11 is 0. The van der Waals surface area contributed by atoms with Gasteiger partial charge in [0.25, 0.3) is 0 Å². The zero-order valence-corrected chi connectivity index (χ0v) is 22.1. The highest BCUT2D eigenvalue weighted by atomic mass is 16.5. The number of rotatable bonds is 9. The number of piperazine rings is 1. The van der Waals surface area contributed by atoms with Crippen LogP contribution in [0.3, 0.4) is 0 Å². The monoisotopic (exact) mass is 531 g/mol. The fourth-order valence-corrected chi connectivity index (χ4v) is 4.62. The summed E-state index contributed by atoms with van der Waals surface area (Å²) in [5.74, 6) is 1.94. The van der Waals surface area contributed by atoms with Crippen molar-refractivity contribution in [3.63, 3.8) is 0 Å². The van der Waals surface area contributed by atoms with Gasteiger partial charge in [0.15, 0.2) is 17.0 Å². The van der Waals surface area contributed by atoms with Gasteiger partial charge in [-0.25, -0.2) is 9.78 Å². The van der Waals surface area contributed by atoms with Crippen LogP contribution in [0.2, 0.25) is 0 Å². The van der Waals surface area contributed by atoms with Gasteiger partial charge in [0.05, 0.1) is 12.9 Å². The molecule has 0 spiro atoms. The minimum atomic E-state index is -0.904. The molecule has 5 rings (SSSR count). The van der Waals surface area contributed by atoms with Gasteiger partial charge in [0, 0.05) is 44.3 Å². The number of amides is 1. The Morgan fingerprint density at radius 2 is 1.79 bits per heavy atom. The lowest BCUT2D eigenvalue weighted by Crippen LogP contribution is -2.48. The summed E-state index contributed by atoms with van der Waals surface area (Å²) in [6.45, 7) is 6.77. The van der Waals surface area contributed by atoms with E-state index in [9.17, 15) is 9.90 Å². The normalized spacial score (nSPS) is 13.7. The lowest BCUT2D eigenvalue weighted by atomic mass is 10.0. The molecule has 1 saturated heterocycles. The minimum absolute atomic E-state index is 0.0368. The van der Waals surface area contributed by atoms with Crippen molar-refractivity contribution in [2.45, 2.75) is 26.4 Å². The van der Waals surface area contributed by atoms with Crippen molar-refractivity contribution < 1.29 is 19.7 Å². The molecule has 1 fully saturated rings. The van der Waals surface area contributed by atoms with E-state index in [1.165, 1.54) is 4.90 Å². The number of hydrogen-bond donors (Lipinski definition) is 3. The maximum absolute atomic E-state index is 11.3. The number of fused-ring (bicyclic) bond motifs is 1. The van der Waals surface area contributed by atoms with Gasteiger partial charge in [-0.15, -0.1) is 0 Å². The number of carbonyl (C=O) groups is 1. The van der Waals surface area contributed by atoms with Crippen LogP contribution in [-0.4, -0.2) is 80.1 Å². The third-order valence-corrected chi connectivity index (χ3v) is 6.76. The molecule has 11 nitrogen and oxygen atoms in total. The molecule has 4 aromatic rings. The first-order valence-corrected chi connectivity index (χ1v) is 13.1. The van der Waals surface area contributed by atoms with Gasteiger partial charge in [0.1, 0.15) is 12.4 Å². The first kappa shape index (κ1) is 26.2. The van der Waals surface area contributed by atoms with E-state index in [4.69, 9.17) is 19.8 Å². The van der Waals surface area contributed by atoms with E-state index in [0.717, 1.165) is 28.1 Å². The van der Waals surface area contributed by atoms with Gasteiger partial charge in [-0.1, -0.05) is 42.5 Å². The van der Waals surface area contributed by atoms with Gasteiger partial charge in [-0.2, -0.15) is 9.97 Å². The Bertz CT molecular complexity index is 1430. The molecule has 0 atom stereocenters. The van der Waals surface area contributed by atoms with Crippen LogP contribution in [-0.2, 0) is 6.54 Å². The van der Waals surface area contributed by atoms with Gasteiger partial charge in [0.2, 0.25) is 5.95 Å². The first-order valence-electron chi connectivity index (χ1n) is 13.1. The number of nitrogens with zero attached hydrogens (tertiary/aromatic N) is 6. The lowest BCUT2D eigenvalue weighted by molar-refractivity contribution is 0.142. The number of hydrogen-bond acceptors (Lipinski definition) is 8. The Balaban J connectivity index is 1.37. The summed E-state index contributed by atoms with van der Waals surface area (Å²) in [5, 5.41) is 21.9.